The van der Waals surface area contributed by atoms with Crippen molar-refractivity contribution in [2.75, 3.05) is 18.1 Å². The first-order valence-corrected chi connectivity index (χ1v) is 13.7. The number of nitrogens with one attached hydrogen (secondary N) is 1. The monoisotopic (exact) mass is 420 g/mol. The van der Waals surface area contributed by atoms with Crippen LogP contribution in [0.15, 0.2) is 17.4 Å². The first kappa shape index (κ1) is 18.0. The van der Waals surface area contributed by atoms with Crippen LogP contribution in [-0.2, 0) is 21.1 Å². The maximum absolute atomic E-state index is 11.8. The van der Waals surface area contributed by atoms with Crippen molar-refractivity contribution in [3.63, 3.8) is 0 Å². The van der Waals surface area contributed by atoms with Crippen LogP contribution >= 0.6 is 27.4 Å². The number of H-pyrrole nitrogens is 1. The molecule has 12 heteroatoms. The lowest BCUT2D eigenvalue weighted by Gasteiger charge is -2.19. The van der Waals surface area contributed by atoms with E-state index in [1.807, 2.05) is 6.92 Å². The molecule has 25 heavy (non-hydrogen) atoms. The lowest BCUT2D eigenvalue weighted by atomic mass is 10.0. The zero-order valence-electron chi connectivity index (χ0n) is 13.3. The molecule has 2 saturated heterocycles. The molecule has 2 aromatic heterocycles. The van der Waals surface area contributed by atoms with Crippen LogP contribution in [0.1, 0.15) is 13.2 Å². The van der Waals surface area contributed by atoms with Gasteiger partial charge in [-0.25, -0.2) is 9.97 Å². The highest BCUT2D eigenvalue weighted by Crippen LogP contribution is 2.74. The van der Waals surface area contributed by atoms with Gasteiger partial charge in [0.15, 0.2) is 22.1 Å². The number of hydrogen-bond acceptors (Lipinski definition) is 9. The number of aliphatic hydroxyl groups excluding tert-OH is 1. The van der Waals surface area contributed by atoms with Gasteiger partial charge in [0.25, 0.3) is 5.56 Å². The first-order valence-electron chi connectivity index (χ1n) is 7.76. The molecule has 4 heterocycles. The maximum atomic E-state index is 11.8. The standard InChI is InChI=1S/C13H17N4O4PS3/c1-7-8(4-20-22(23)24-2-3-25-22)21-13(10(7)18)17-6-16-9-11(17)14-5-15-12(9)19/h5-8,10,13,18H,2-4H2,1H3,(H,14,15,19)/t7-,8-,10-,13-/m1/s1. The van der Waals surface area contributed by atoms with Crippen LogP contribution in [-0.4, -0.2) is 54.9 Å². The van der Waals surface area contributed by atoms with E-state index in [1.54, 1.807) is 27.3 Å². The number of rotatable bonds is 4. The normalized spacial score (nSPS) is 31.8. The van der Waals surface area contributed by atoms with Crippen LogP contribution in [0.3, 0.4) is 0 Å². The number of ether oxygens (including phenoxy) is 1. The lowest BCUT2D eigenvalue weighted by Crippen LogP contribution is -2.25. The Morgan fingerprint density at radius 1 is 1.52 bits per heavy atom. The Labute approximate surface area is 156 Å². The summed E-state index contributed by atoms with van der Waals surface area (Å²) in [6, 6.07) is 0. The SMILES string of the molecule is C[C@H]1[C@@H](O)[C@H](n2cnc3c(=O)[nH]cnc32)O[C@@H]1COP1(=S)SCCS1. The molecular formula is C13H17N4O4PS3. The van der Waals surface area contributed by atoms with Crippen molar-refractivity contribution in [3.05, 3.63) is 23.0 Å². The molecule has 8 nitrogen and oxygen atoms in total. The fraction of sp³-hybridized carbons (Fsp3) is 0.615. The summed E-state index contributed by atoms with van der Waals surface area (Å²) in [6.07, 6.45) is 1.09. The van der Waals surface area contributed by atoms with Crippen LogP contribution in [0, 0.1) is 5.92 Å². The summed E-state index contributed by atoms with van der Waals surface area (Å²) in [7, 11) is 0. The van der Waals surface area contributed by atoms with Gasteiger partial charge in [0.05, 0.1) is 25.4 Å². The number of imidazole rings is 1. The molecule has 2 N–H and O–H groups in total. The third-order valence-electron chi connectivity index (χ3n) is 4.35. The summed E-state index contributed by atoms with van der Waals surface area (Å²) >= 11 is 9.02. The molecule has 0 radical (unpaired) electrons. The number of fused-ring (bicyclic) bond motifs is 1. The number of aromatic nitrogens is 4. The third kappa shape index (κ3) is 3.31. The molecule has 0 saturated carbocycles. The van der Waals surface area contributed by atoms with E-state index in [0.717, 1.165) is 11.5 Å². The Bertz CT molecular complexity index is 880. The van der Waals surface area contributed by atoms with Crippen molar-refractivity contribution in [2.24, 2.45) is 5.92 Å². The Morgan fingerprint density at radius 2 is 2.28 bits per heavy atom. The second-order valence-corrected chi connectivity index (χ2v) is 16.6. The number of nitrogens with zero attached hydrogens (tertiary/aromatic N) is 3. The molecular weight excluding hydrogens is 403 g/mol. The molecule has 136 valence electrons. The van der Waals surface area contributed by atoms with Gasteiger partial charge >= 0.3 is 0 Å². The lowest BCUT2D eigenvalue weighted by molar-refractivity contribution is -0.0447. The molecule has 0 amide bonds. The van der Waals surface area contributed by atoms with Gasteiger partial charge in [0.1, 0.15) is 6.10 Å². The molecule has 0 aliphatic carbocycles. The van der Waals surface area contributed by atoms with E-state index in [9.17, 15) is 9.90 Å². The maximum Gasteiger partial charge on any atom is 0.278 e. The minimum Gasteiger partial charge on any atom is -0.388 e. The van der Waals surface area contributed by atoms with Crippen LogP contribution in [0.25, 0.3) is 11.2 Å². The molecule has 4 rings (SSSR count). The minimum atomic E-state index is -1.87. The molecule has 0 spiro atoms. The van der Waals surface area contributed by atoms with Gasteiger partial charge in [0, 0.05) is 17.4 Å². The second-order valence-electron chi connectivity index (χ2n) is 5.88. The van der Waals surface area contributed by atoms with E-state index in [2.05, 4.69) is 15.0 Å². The van der Waals surface area contributed by atoms with Crippen molar-refractivity contribution in [1.29, 1.82) is 0 Å². The third-order valence-corrected chi connectivity index (χ3v) is 14.2. The van der Waals surface area contributed by atoms with Gasteiger partial charge in [0.2, 0.25) is 0 Å². The van der Waals surface area contributed by atoms with E-state index in [4.69, 9.17) is 21.1 Å². The van der Waals surface area contributed by atoms with Crippen LogP contribution in [0.2, 0.25) is 0 Å². The molecule has 0 unspecified atom stereocenters. The molecule has 0 bridgehead atoms. The fourth-order valence-electron chi connectivity index (χ4n) is 2.91. The predicted molar refractivity (Wildman–Crippen MR) is 102 cm³/mol. The molecule has 2 aliphatic heterocycles. The largest absolute Gasteiger partial charge is 0.388 e. The number of aliphatic hydroxyl groups is 1. The summed E-state index contributed by atoms with van der Waals surface area (Å²) < 4.78 is 11.8. The van der Waals surface area contributed by atoms with E-state index < -0.39 is 17.0 Å². The molecule has 2 fully saturated rings. The van der Waals surface area contributed by atoms with Crippen molar-refractivity contribution < 1.29 is 14.4 Å². The van der Waals surface area contributed by atoms with E-state index >= 15 is 0 Å². The van der Waals surface area contributed by atoms with Crippen molar-refractivity contribution in [2.45, 2.75) is 25.4 Å². The zero-order chi connectivity index (χ0) is 17.6. The molecule has 0 aromatic carbocycles. The Kier molecular flexibility index (Phi) is 5.00. The zero-order valence-corrected chi connectivity index (χ0v) is 16.6. The quantitative estimate of drug-likeness (QED) is 0.716. The summed E-state index contributed by atoms with van der Waals surface area (Å²) in [6.45, 7) is 2.27. The van der Waals surface area contributed by atoms with Gasteiger partial charge in [-0.3, -0.25) is 9.36 Å². The molecule has 2 aromatic rings. The van der Waals surface area contributed by atoms with Gasteiger partial charge in [-0.2, -0.15) is 0 Å². The number of hydrogen-bond donors (Lipinski definition) is 2. The Hall–Kier alpha value is -0.420. The predicted octanol–water partition coefficient (Wildman–Crippen LogP) is 1.74. The highest BCUT2D eigenvalue weighted by atomic mass is 33.2. The molecule has 4 atom stereocenters. The second kappa shape index (κ2) is 6.95. The number of aromatic amines is 1. The summed E-state index contributed by atoms with van der Waals surface area (Å²) in [4.78, 5) is 22.5. The average molecular weight is 420 g/mol. The van der Waals surface area contributed by atoms with Gasteiger partial charge in [-0.15, -0.1) is 0 Å². The van der Waals surface area contributed by atoms with Gasteiger partial charge in [-0.05, 0) is 11.8 Å². The van der Waals surface area contributed by atoms with Crippen molar-refractivity contribution in [3.8, 4) is 0 Å². The average Bonchev–Trinajstić information content (AvgIpc) is 3.27. The fourth-order valence-corrected chi connectivity index (χ4v) is 11.8. The topological polar surface area (TPSA) is 102 Å². The highest BCUT2D eigenvalue weighted by molar-refractivity contribution is 9.00. The van der Waals surface area contributed by atoms with Crippen molar-refractivity contribution in [1.82, 2.24) is 19.5 Å². The first-order chi connectivity index (χ1) is 12.0. The van der Waals surface area contributed by atoms with E-state index in [-0.39, 0.29) is 23.1 Å². The highest BCUT2D eigenvalue weighted by Gasteiger charge is 2.43. The summed E-state index contributed by atoms with van der Waals surface area (Å²) in [5.41, 5.74) is 0.285. The van der Waals surface area contributed by atoms with E-state index in [1.165, 1.54) is 12.7 Å². The smallest absolute Gasteiger partial charge is 0.278 e. The summed E-state index contributed by atoms with van der Waals surface area (Å²) in [5, 5.41) is 10.6. The minimum absolute atomic E-state index is 0.136. The van der Waals surface area contributed by atoms with Crippen LogP contribution < -0.4 is 5.56 Å². The van der Waals surface area contributed by atoms with Crippen molar-refractivity contribution >= 4 is 50.4 Å². The Morgan fingerprint density at radius 3 is 3.04 bits per heavy atom. The van der Waals surface area contributed by atoms with Gasteiger partial charge in [-0.1, -0.05) is 29.7 Å². The van der Waals surface area contributed by atoms with E-state index in [0.29, 0.717) is 12.3 Å². The summed E-state index contributed by atoms with van der Waals surface area (Å²) in [5.74, 6) is 1.91. The van der Waals surface area contributed by atoms with Crippen LogP contribution in [0.4, 0.5) is 0 Å². The van der Waals surface area contributed by atoms with Crippen LogP contribution in [0.5, 0.6) is 0 Å². The molecule has 2 aliphatic rings. The van der Waals surface area contributed by atoms with Gasteiger partial charge < -0.3 is 19.4 Å². The Balaban J connectivity index is 1.54.